The second kappa shape index (κ2) is 6.11. The lowest BCUT2D eigenvalue weighted by atomic mass is 10.0. The summed E-state index contributed by atoms with van der Waals surface area (Å²) in [4.78, 5) is 13.0. The molecular weight excluding hydrogens is 340 g/mol. The molecule has 132 valence electrons. The number of benzene rings is 1. The van der Waals surface area contributed by atoms with E-state index in [1.54, 1.807) is 22.9 Å². The van der Waals surface area contributed by atoms with E-state index >= 15 is 0 Å². The van der Waals surface area contributed by atoms with E-state index in [1.807, 2.05) is 33.8 Å². The summed E-state index contributed by atoms with van der Waals surface area (Å²) in [6, 6.07) is 7.79. The van der Waals surface area contributed by atoms with E-state index in [9.17, 15) is 13.2 Å². The van der Waals surface area contributed by atoms with Crippen molar-refractivity contribution in [1.82, 2.24) is 15.1 Å². The minimum Gasteiger partial charge on any atom is -0.308 e. The number of nitrogens with zero attached hydrogens (tertiary/aromatic N) is 3. The molecule has 1 N–H and O–H groups in total. The molecule has 0 bridgehead atoms. The molecule has 0 saturated heterocycles. The highest BCUT2D eigenvalue weighted by Crippen LogP contribution is 2.26. The number of amidine groups is 1. The van der Waals surface area contributed by atoms with Crippen molar-refractivity contribution in [3.63, 3.8) is 0 Å². The van der Waals surface area contributed by atoms with Gasteiger partial charge in [-0.15, -0.1) is 4.40 Å². The van der Waals surface area contributed by atoms with Crippen molar-refractivity contribution in [3.05, 3.63) is 47.3 Å². The number of carbonyl (C=O) groups is 1. The fourth-order valence-corrected chi connectivity index (χ4v) is 4.19. The van der Waals surface area contributed by atoms with E-state index < -0.39 is 16.1 Å². The molecule has 1 aliphatic heterocycles. The van der Waals surface area contributed by atoms with Crippen LogP contribution in [0, 0.1) is 19.8 Å². The highest BCUT2D eigenvalue weighted by Gasteiger charge is 2.33. The zero-order valence-electron chi connectivity index (χ0n) is 14.5. The van der Waals surface area contributed by atoms with Crippen molar-refractivity contribution in [2.24, 2.45) is 10.3 Å². The standard InChI is InChI=1S/C17H20N4O3S/c1-10(2)15(21-12(4)9-11(3)19-21)17(22)18-16-13-7-5-6-8-14(13)25(23,24)20-16/h5-10,15H,1-4H3,(H,18,20,22)/t15-/m0/s1. The van der Waals surface area contributed by atoms with E-state index in [2.05, 4.69) is 14.8 Å². The van der Waals surface area contributed by atoms with Gasteiger partial charge in [-0.25, -0.2) is 0 Å². The van der Waals surface area contributed by atoms with E-state index in [1.165, 1.54) is 6.07 Å². The molecule has 0 fully saturated rings. The van der Waals surface area contributed by atoms with Crippen LogP contribution in [0.3, 0.4) is 0 Å². The zero-order valence-corrected chi connectivity index (χ0v) is 15.3. The smallest absolute Gasteiger partial charge is 0.285 e. The van der Waals surface area contributed by atoms with Gasteiger partial charge in [-0.2, -0.15) is 13.5 Å². The Kier molecular flexibility index (Phi) is 4.24. The summed E-state index contributed by atoms with van der Waals surface area (Å²) in [7, 11) is -3.76. The number of hydrogen-bond acceptors (Lipinski definition) is 4. The third-order valence-electron chi connectivity index (χ3n) is 4.08. The van der Waals surface area contributed by atoms with Gasteiger partial charge in [-0.3, -0.25) is 9.48 Å². The zero-order chi connectivity index (χ0) is 18.4. The van der Waals surface area contributed by atoms with Crippen LogP contribution in [0.15, 0.2) is 39.6 Å². The first-order chi connectivity index (χ1) is 11.7. The number of carbonyl (C=O) groups excluding carboxylic acids is 1. The van der Waals surface area contributed by atoms with E-state index in [0.717, 1.165) is 11.4 Å². The molecule has 25 heavy (non-hydrogen) atoms. The fourth-order valence-electron chi connectivity index (χ4n) is 3.01. The Labute approximate surface area is 146 Å². The number of rotatable bonds is 3. The quantitative estimate of drug-likeness (QED) is 0.905. The molecule has 0 spiro atoms. The maximum absolute atomic E-state index is 12.9. The lowest BCUT2D eigenvalue weighted by Gasteiger charge is -2.22. The third kappa shape index (κ3) is 3.09. The molecule has 0 unspecified atom stereocenters. The Morgan fingerprint density at radius 2 is 1.88 bits per heavy atom. The van der Waals surface area contributed by atoms with E-state index in [4.69, 9.17) is 0 Å². The van der Waals surface area contributed by atoms with Crippen LogP contribution in [0.4, 0.5) is 0 Å². The summed E-state index contributed by atoms with van der Waals surface area (Å²) in [6.45, 7) is 7.59. The lowest BCUT2D eigenvalue weighted by Crippen LogP contribution is -2.39. The van der Waals surface area contributed by atoms with Crippen LogP contribution in [0.1, 0.15) is 36.8 Å². The number of sulfonamides is 1. The van der Waals surface area contributed by atoms with Crippen LogP contribution in [0.5, 0.6) is 0 Å². The van der Waals surface area contributed by atoms with Crippen LogP contribution in [0.2, 0.25) is 0 Å². The highest BCUT2D eigenvalue weighted by atomic mass is 32.2. The van der Waals surface area contributed by atoms with Crippen molar-refractivity contribution in [3.8, 4) is 0 Å². The number of hydrogen-bond donors (Lipinski definition) is 1. The first kappa shape index (κ1) is 17.3. The van der Waals surface area contributed by atoms with Gasteiger partial charge in [-0.05, 0) is 38.0 Å². The van der Waals surface area contributed by atoms with Crippen LogP contribution >= 0.6 is 0 Å². The summed E-state index contributed by atoms with van der Waals surface area (Å²) in [6.07, 6.45) is 0. The van der Waals surface area contributed by atoms with Gasteiger partial charge in [0.15, 0.2) is 5.84 Å². The molecular formula is C17H20N4O3S. The molecule has 1 aromatic carbocycles. The van der Waals surface area contributed by atoms with Crippen LogP contribution in [-0.4, -0.2) is 29.9 Å². The average molecular weight is 360 g/mol. The van der Waals surface area contributed by atoms with Gasteiger partial charge in [0.1, 0.15) is 10.9 Å². The second-order valence-corrected chi connectivity index (χ2v) is 8.03. The van der Waals surface area contributed by atoms with Gasteiger partial charge in [0.25, 0.3) is 15.9 Å². The first-order valence-corrected chi connectivity index (χ1v) is 9.42. The largest absolute Gasteiger partial charge is 0.308 e. The molecule has 3 rings (SSSR count). The lowest BCUT2D eigenvalue weighted by molar-refractivity contribution is -0.124. The number of aromatic nitrogens is 2. The van der Waals surface area contributed by atoms with Crippen molar-refractivity contribution in [2.45, 2.75) is 38.6 Å². The minimum atomic E-state index is -3.76. The van der Waals surface area contributed by atoms with Crippen LogP contribution in [-0.2, 0) is 14.8 Å². The average Bonchev–Trinajstić information content (AvgIpc) is 2.96. The summed E-state index contributed by atoms with van der Waals surface area (Å²) < 4.78 is 29.6. The molecule has 1 atom stereocenters. The van der Waals surface area contributed by atoms with Gasteiger partial charge >= 0.3 is 0 Å². The fraction of sp³-hybridized carbons (Fsp3) is 0.353. The predicted molar refractivity (Wildman–Crippen MR) is 93.9 cm³/mol. The van der Waals surface area contributed by atoms with Gasteiger partial charge < -0.3 is 5.32 Å². The van der Waals surface area contributed by atoms with E-state index in [0.29, 0.717) is 5.56 Å². The van der Waals surface area contributed by atoms with Crippen LogP contribution in [0.25, 0.3) is 0 Å². The molecule has 0 radical (unpaired) electrons. The number of aryl methyl sites for hydroxylation is 2. The van der Waals surface area contributed by atoms with Crippen molar-refractivity contribution >= 4 is 21.8 Å². The minimum absolute atomic E-state index is 0.0353. The second-order valence-electron chi connectivity index (χ2n) is 6.46. The van der Waals surface area contributed by atoms with Crippen LogP contribution < -0.4 is 5.32 Å². The van der Waals surface area contributed by atoms with Gasteiger partial charge in [0.2, 0.25) is 0 Å². The SMILES string of the molecule is Cc1cc(C)n([C@H](C(=O)NC2=NS(=O)(=O)c3ccccc32)C(C)C)n1. The Bertz CT molecular complexity index is 974. The van der Waals surface area contributed by atoms with Crippen molar-refractivity contribution in [1.29, 1.82) is 0 Å². The maximum atomic E-state index is 12.9. The molecule has 7 nitrogen and oxygen atoms in total. The molecule has 8 heteroatoms. The molecule has 2 heterocycles. The summed E-state index contributed by atoms with van der Waals surface area (Å²) in [5.41, 5.74) is 2.10. The molecule has 0 saturated carbocycles. The molecule has 1 amide bonds. The highest BCUT2D eigenvalue weighted by molar-refractivity contribution is 7.90. The number of fused-ring (bicyclic) bond motifs is 1. The number of nitrogens with one attached hydrogen (secondary N) is 1. The monoisotopic (exact) mass is 360 g/mol. The number of amides is 1. The van der Waals surface area contributed by atoms with Gasteiger partial charge in [0.05, 0.1) is 5.69 Å². The maximum Gasteiger partial charge on any atom is 0.285 e. The summed E-state index contributed by atoms with van der Waals surface area (Å²) in [5, 5.41) is 7.08. The van der Waals surface area contributed by atoms with Gasteiger partial charge in [-0.1, -0.05) is 26.0 Å². The van der Waals surface area contributed by atoms with Crippen molar-refractivity contribution < 1.29 is 13.2 Å². The molecule has 1 aromatic heterocycles. The Hall–Kier alpha value is -2.48. The summed E-state index contributed by atoms with van der Waals surface area (Å²) >= 11 is 0. The Morgan fingerprint density at radius 3 is 2.48 bits per heavy atom. The predicted octanol–water partition coefficient (Wildman–Crippen LogP) is 1.96. The van der Waals surface area contributed by atoms with Gasteiger partial charge in [0, 0.05) is 11.3 Å². The topological polar surface area (TPSA) is 93.4 Å². The first-order valence-electron chi connectivity index (χ1n) is 7.98. The Morgan fingerprint density at radius 1 is 1.20 bits per heavy atom. The molecule has 0 aliphatic carbocycles. The summed E-state index contributed by atoms with van der Waals surface area (Å²) in [5.74, 6) is -0.313. The Balaban J connectivity index is 1.95. The van der Waals surface area contributed by atoms with Crippen molar-refractivity contribution in [2.75, 3.05) is 0 Å². The normalized spacial score (nSPS) is 16.4. The molecule has 2 aromatic rings. The van der Waals surface area contributed by atoms with E-state index in [-0.39, 0.29) is 22.6 Å². The molecule has 1 aliphatic rings. The third-order valence-corrected chi connectivity index (χ3v) is 5.42.